The minimum absolute atomic E-state index is 0.521. The number of para-hydroxylation sites is 1. The molecule has 1 atom stereocenters. The van der Waals surface area contributed by atoms with E-state index in [1.54, 1.807) is 0 Å². The number of aromatic nitrogens is 1. The molecule has 0 aliphatic heterocycles. The summed E-state index contributed by atoms with van der Waals surface area (Å²) in [4.78, 5) is 6.96. The maximum absolute atomic E-state index is 6.07. The first-order valence-electron chi connectivity index (χ1n) is 6.81. The van der Waals surface area contributed by atoms with Gasteiger partial charge in [-0.25, -0.2) is 4.98 Å². The molecular formula is C16H21ClN2. The Morgan fingerprint density at radius 3 is 2.74 bits per heavy atom. The van der Waals surface area contributed by atoms with E-state index in [4.69, 9.17) is 16.6 Å². The fourth-order valence-corrected chi connectivity index (χ4v) is 2.45. The summed E-state index contributed by atoms with van der Waals surface area (Å²) in [5, 5.41) is 1.15. The molecule has 1 aromatic carbocycles. The van der Waals surface area contributed by atoms with Crippen molar-refractivity contribution < 1.29 is 0 Å². The largest absolute Gasteiger partial charge is 0.359 e. The summed E-state index contributed by atoms with van der Waals surface area (Å²) < 4.78 is 0. The number of hydrogen-bond acceptors (Lipinski definition) is 2. The molecule has 2 nitrogen and oxygen atoms in total. The highest BCUT2D eigenvalue weighted by atomic mass is 35.5. The summed E-state index contributed by atoms with van der Waals surface area (Å²) in [5.41, 5.74) is 2.17. The zero-order chi connectivity index (χ0) is 13.8. The Morgan fingerprint density at radius 2 is 2.05 bits per heavy atom. The zero-order valence-electron chi connectivity index (χ0n) is 11.9. The Balaban J connectivity index is 2.38. The number of rotatable bonds is 5. The van der Waals surface area contributed by atoms with Crippen LogP contribution in [-0.4, -0.2) is 18.6 Å². The topological polar surface area (TPSA) is 16.1 Å². The van der Waals surface area contributed by atoms with E-state index in [1.165, 1.54) is 6.42 Å². The van der Waals surface area contributed by atoms with Crippen LogP contribution in [0.25, 0.3) is 10.9 Å². The van der Waals surface area contributed by atoms with Crippen LogP contribution in [-0.2, 0) is 5.88 Å². The monoisotopic (exact) mass is 276 g/mol. The summed E-state index contributed by atoms with van der Waals surface area (Å²) in [6.45, 7) is 5.50. The summed E-state index contributed by atoms with van der Waals surface area (Å²) in [6.07, 6.45) is 1.18. The third-order valence-electron chi connectivity index (χ3n) is 3.61. The number of fused-ring (bicyclic) bond motifs is 1. The Labute approximate surface area is 120 Å². The lowest BCUT2D eigenvalue weighted by Gasteiger charge is -2.22. The minimum Gasteiger partial charge on any atom is -0.359 e. The van der Waals surface area contributed by atoms with Crippen LogP contribution < -0.4 is 4.90 Å². The van der Waals surface area contributed by atoms with Gasteiger partial charge in [-0.15, -0.1) is 11.6 Å². The van der Waals surface area contributed by atoms with Crippen LogP contribution in [0.15, 0.2) is 30.3 Å². The fraction of sp³-hybridized carbons (Fsp3) is 0.438. The van der Waals surface area contributed by atoms with Crippen LogP contribution in [0.3, 0.4) is 0 Å². The molecule has 0 N–H and O–H groups in total. The molecule has 0 bridgehead atoms. The van der Waals surface area contributed by atoms with Gasteiger partial charge < -0.3 is 4.90 Å². The average molecular weight is 277 g/mol. The summed E-state index contributed by atoms with van der Waals surface area (Å²) in [5.74, 6) is 2.19. The maximum Gasteiger partial charge on any atom is 0.129 e. The predicted octanol–water partition coefficient (Wildman–Crippen LogP) is 4.46. The van der Waals surface area contributed by atoms with Crippen molar-refractivity contribution in [2.45, 2.75) is 26.1 Å². The Bertz CT molecular complexity index is 553. The quantitative estimate of drug-likeness (QED) is 0.750. The van der Waals surface area contributed by atoms with Crippen molar-refractivity contribution in [3.05, 3.63) is 35.9 Å². The lowest BCUT2D eigenvalue weighted by atomic mass is 10.1. The Hall–Kier alpha value is -1.28. The smallest absolute Gasteiger partial charge is 0.129 e. The number of anilines is 1. The molecule has 0 aliphatic rings. The molecule has 3 heteroatoms. The van der Waals surface area contributed by atoms with E-state index >= 15 is 0 Å². The lowest BCUT2D eigenvalue weighted by Crippen LogP contribution is -2.24. The number of alkyl halides is 1. The van der Waals surface area contributed by atoms with Crippen molar-refractivity contribution in [2.24, 2.45) is 5.92 Å². The van der Waals surface area contributed by atoms with E-state index in [0.717, 1.165) is 28.8 Å². The second-order valence-corrected chi connectivity index (χ2v) is 5.45. The predicted molar refractivity (Wildman–Crippen MR) is 84.0 cm³/mol. The number of halogens is 1. The molecule has 0 saturated heterocycles. The zero-order valence-corrected chi connectivity index (χ0v) is 12.6. The molecule has 102 valence electrons. The van der Waals surface area contributed by atoms with Crippen molar-refractivity contribution in [1.29, 1.82) is 0 Å². The van der Waals surface area contributed by atoms with E-state index in [2.05, 4.69) is 37.9 Å². The van der Waals surface area contributed by atoms with Crippen LogP contribution >= 0.6 is 11.6 Å². The molecule has 0 amide bonds. The molecular weight excluding hydrogens is 256 g/mol. The summed E-state index contributed by atoms with van der Waals surface area (Å²) in [6, 6.07) is 10.3. The second kappa shape index (κ2) is 6.25. The SMILES string of the molecule is CCC(C)CN(C)c1cc(CCl)c2ccccc2n1. The van der Waals surface area contributed by atoms with Gasteiger partial charge in [-0.1, -0.05) is 38.5 Å². The van der Waals surface area contributed by atoms with Crippen LogP contribution in [0.2, 0.25) is 0 Å². The molecule has 2 rings (SSSR count). The van der Waals surface area contributed by atoms with Gasteiger partial charge >= 0.3 is 0 Å². The first kappa shape index (κ1) is 14.1. The summed E-state index contributed by atoms with van der Waals surface area (Å²) in [7, 11) is 2.10. The molecule has 0 aliphatic carbocycles. The van der Waals surface area contributed by atoms with Gasteiger partial charge in [0.25, 0.3) is 0 Å². The van der Waals surface area contributed by atoms with Gasteiger partial charge in [0.05, 0.1) is 5.52 Å². The second-order valence-electron chi connectivity index (χ2n) is 5.18. The van der Waals surface area contributed by atoms with Gasteiger partial charge in [-0.05, 0) is 23.6 Å². The molecule has 1 unspecified atom stereocenters. The van der Waals surface area contributed by atoms with E-state index < -0.39 is 0 Å². The maximum atomic E-state index is 6.07. The van der Waals surface area contributed by atoms with Crippen molar-refractivity contribution in [1.82, 2.24) is 4.98 Å². The van der Waals surface area contributed by atoms with E-state index in [0.29, 0.717) is 11.8 Å². The highest BCUT2D eigenvalue weighted by molar-refractivity contribution is 6.18. The first-order valence-corrected chi connectivity index (χ1v) is 7.35. The van der Waals surface area contributed by atoms with Crippen molar-refractivity contribution >= 4 is 28.3 Å². The van der Waals surface area contributed by atoms with Gasteiger partial charge in [-0.3, -0.25) is 0 Å². The number of nitrogens with zero attached hydrogens (tertiary/aromatic N) is 2. The highest BCUT2D eigenvalue weighted by Gasteiger charge is 2.10. The van der Waals surface area contributed by atoms with Crippen molar-refractivity contribution in [3.63, 3.8) is 0 Å². The molecule has 0 saturated carbocycles. The van der Waals surface area contributed by atoms with Crippen molar-refractivity contribution in [3.8, 4) is 0 Å². The number of pyridine rings is 1. The van der Waals surface area contributed by atoms with Crippen LogP contribution in [0.1, 0.15) is 25.8 Å². The van der Waals surface area contributed by atoms with E-state index in [1.807, 2.05) is 18.2 Å². The van der Waals surface area contributed by atoms with Gasteiger partial charge in [-0.2, -0.15) is 0 Å². The van der Waals surface area contributed by atoms with Crippen molar-refractivity contribution in [2.75, 3.05) is 18.5 Å². The third kappa shape index (κ3) is 3.19. The van der Waals surface area contributed by atoms with E-state index in [9.17, 15) is 0 Å². The fourth-order valence-electron chi connectivity index (χ4n) is 2.23. The molecule has 19 heavy (non-hydrogen) atoms. The Kier molecular flexibility index (Phi) is 4.65. The standard InChI is InChI=1S/C16H21ClN2/c1-4-12(2)11-19(3)16-9-13(10-17)14-7-5-6-8-15(14)18-16/h5-9,12H,4,10-11H2,1-3H3. The molecule has 0 fully saturated rings. The molecule has 1 heterocycles. The molecule has 2 aromatic rings. The summed E-state index contributed by atoms with van der Waals surface area (Å²) >= 11 is 6.07. The first-order chi connectivity index (χ1) is 9.15. The number of hydrogen-bond donors (Lipinski definition) is 0. The van der Waals surface area contributed by atoms with Crippen LogP contribution in [0.4, 0.5) is 5.82 Å². The highest BCUT2D eigenvalue weighted by Crippen LogP contribution is 2.24. The molecule has 1 aromatic heterocycles. The number of benzene rings is 1. The van der Waals surface area contributed by atoms with Gasteiger partial charge in [0.2, 0.25) is 0 Å². The van der Waals surface area contributed by atoms with Gasteiger partial charge in [0.1, 0.15) is 5.82 Å². The molecule has 0 radical (unpaired) electrons. The minimum atomic E-state index is 0.521. The van der Waals surface area contributed by atoms with E-state index in [-0.39, 0.29) is 0 Å². The Morgan fingerprint density at radius 1 is 1.32 bits per heavy atom. The van der Waals surface area contributed by atoms with Crippen LogP contribution in [0.5, 0.6) is 0 Å². The molecule has 0 spiro atoms. The van der Waals surface area contributed by atoms with Gasteiger partial charge in [0.15, 0.2) is 0 Å². The normalized spacial score (nSPS) is 12.6. The average Bonchev–Trinajstić information content (AvgIpc) is 2.45. The lowest BCUT2D eigenvalue weighted by molar-refractivity contribution is 0.558. The van der Waals surface area contributed by atoms with Gasteiger partial charge in [0, 0.05) is 24.9 Å². The third-order valence-corrected chi connectivity index (χ3v) is 3.89. The van der Waals surface area contributed by atoms with Crippen LogP contribution in [0, 0.1) is 5.92 Å².